The van der Waals surface area contributed by atoms with E-state index in [0.29, 0.717) is 6.42 Å². The van der Waals surface area contributed by atoms with Crippen molar-refractivity contribution in [2.45, 2.75) is 18.8 Å². The van der Waals surface area contributed by atoms with E-state index in [9.17, 15) is 9.36 Å². The van der Waals surface area contributed by atoms with E-state index in [-0.39, 0.29) is 0 Å². The smallest absolute Gasteiger partial charge is 0.339 e. The van der Waals surface area contributed by atoms with Crippen LogP contribution in [0.5, 0.6) is 0 Å². The Balaban J connectivity index is 4.40. The second-order valence-corrected chi connectivity index (χ2v) is 4.91. The van der Waals surface area contributed by atoms with Crippen LogP contribution in [0.1, 0.15) is 13.3 Å². The first-order chi connectivity index (χ1) is 6.26. The van der Waals surface area contributed by atoms with Crippen molar-refractivity contribution in [1.82, 2.24) is 4.90 Å². The lowest BCUT2D eigenvalue weighted by Gasteiger charge is -2.24. The summed E-state index contributed by atoms with van der Waals surface area (Å²) in [5.74, 6) is -1.17. The second kappa shape index (κ2) is 5.68. The monoisotopic (exact) mass is 245 g/mol. The highest BCUT2D eigenvalue weighted by atomic mass is 35.5. The minimum atomic E-state index is -4.27. The van der Waals surface area contributed by atoms with E-state index in [1.807, 2.05) is 0 Å². The molecule has 0 saturated carbocycles. The van der Waals surface area contributed by atoms with Crippen LogP contribution < -0.4 is 0 Å². The van der Waals surface area contributed by atoms with Crippen molar-refractivity contribution in [1.29, 1.82) is 0 Å². The second-order valence-electron chi connectivity index (χ2n) is 2.79. The van der Waals surface area contributed by atoms with Gasteiger partial charge in [0.25, 0.3) is 0 Å². The summed E-state index contributed by atoms with van der Waals surface area (Å²) < 4.78 is 10.6. The fourth-order valence-electron chi connectivity index (χ4n) is 0.906. The maximum Gasteiger partial charge on any atom is 0.339 e. The number of carboxylic acid groups (broad SMARTS) is 1. The van der Waals surface area contributed by atoms with Gasteiger partial charge in [0.2, 0.25) is 0 Å². The van der Waals surface area contributed by atoms with Crippen molar-refractivity contribution < 1.29 is 24.3 Å². The van der Waals surface area contributed by atoms with Gasteiger partial charge in [-0.25, -0.2) is 0 Å². The Hall–Kier alpha value is -0.130. The lowest BCUT2D eigenvalue weighted by molar-refractivity contribution is -0.138. The molecule has 1 unspecified atom stereocenters. The van der Waals surface area contributed by atoms with Gasteiger partial charge in [0, 0.05) is 0 Å². The molecule has 84 valence electrons. The number of hydrogen-bond acceptors (Lipinski definition) is 3. The average molecular weight is 246 g/mol. The van der Waals surface area contributed by atoms with E-state index in [4.69, 9.17) is 26.5 Å². The summed E-state index contributed by atoms with van der Waals surface area (Å²) in [6.45, 7) is 1.22. The Morgan fingerprint density at radius 2 is 2.07 bits per heavy atom. The van der Waals surface area contributed by atoms with Crippen LogP contribution in [0.3, 0.4) is 0 Å². The van der Waals surface area contributed by atoms with Crippen molar-refractivity contribution >= 4 is 25.2 Å². The Labute approximate surface area is 86.6 Å². The molecule has 0 aliphatic heterocycles. The molecule has 0 aromatic carbocycles. The van der Waals surface area contributed by atoms with Crippen LogP contribution in [-0.4, -0.2) is 44.1 Å². The van der Waals surface area contributed by atoms with E-state index >= 15 is 0 Å². The van der Waals surface area contributed by atoms with Gasteiger partial charge < -0.3 is 14.9 Å². The molecule has 14 heavy (non-hydrogen) atoms. The molecule has 0 aliphatic carbocycles. The first-order valence-electron chi connectivity index (χ1n) is 3.90. The molecule has 0 aromatic rings. The first-order valence-corrected chi connectivity index (χ1v) is 6.14. The zero-order valence-electron chi connectivity index (χ0n) is 7.63. The molecule has 8 heteroatoms. The number of hydrogen-bond donors (Lipinski definition) is 3. The molecule has 0 radical (unpaired) electrons. The molecule has 6 nitrogen and oxygen atoms in total. The fourth-order valence-corrected chi connectivity index (χ4v) is 1.91. The van der Waals surface area contributed by atoms with E-state index in [2.05, 4.69) is 0 Å². The third-order valence-corrected chi connectivity index (χ3v) is 2.75. The van der Waals surface area contributed by atoms with E-state index < -0.39 is 31.9 Å². The van der Waals surface area contributed by atoms with Gasteiger partial charge in [-0.05, 0) is 6.42 Å². The highest BCUT2D eigenvalue weighted by Gasteiger charge is 2.25. The zero-order chi connectivity index (χ0) is 11.4. The quantitative estimate of drug-likeness (QED) is 0.358. The van der Waals surface area contributed by atoms with E-state index in [0.717, 1.165) is 4.90 Å². The summed E-state index contributed by atoms with van der Waals surface area (Å²) >= 11 is 5.70. The number of nitrogens with zero attached hydrogens (tertiary/aromatic N) is 1. The summed E-state index contributed by atoms with van der Waals surface area (Å²) in [6, 6.07) is 0. The van der Waals surface area contributed by atoms with Gasteiger partial charge in [-0.2, -0.15) is 0 Å². The highest BCUT2D eigenvalue weighted by molar-refractivity contribution is 7.51. The Morgan fingerprint density at radius 3 is 2.36 bits per heavy atom. The first kappa shape index (κ1) is 13.9. The van der Waals surface area contributed by atoms with Crippen LogP contribution >= 0.6 is 19.2 Å². The van der Waals surface area contributed by atoms with Crippen LogP contribution in [0.2, 0.25) is 0 Å². The van der Waals surface area contributed by atoms with Crippen LogP contribution in [-0.2, 0) is 9.36 Å². The van der Waals surface area contributed by atoms with Gasteiger partial charge >= 0.3 is 13.6 Å². The lowest BCUT2D eigenvalue weighted by Crippen LogP contribution is -2.36. The molecule has 0 spiro atoms. The minimum absolute atomic E-state index is 0.412. The largest absolute Gasteiger partial charge is 0.480 e. The van der Waals surface area contributed by atoms with Gasteiger partial charge in [0.15, 0.2) is 0 Å². The molecule has 3 N–H and O–H groups in total. The van der Waals surface area contributed by atoms with E-state index in [1.165, 1.54) is 0 Å². The number of carbonyl (C=O) groups is 1. The van der Waals surface area contributed by atoms with Gasteiger partial charge in [-0.1, -0.05) is 6.92 Å². The topological polar surface area (TPSA) is 98.1 Å². The van der Waals surface area contributed by atoms with Crippen molar-refractivity contribution in [3.8, 4) is 0 Å². The van der Waals surface area contributed by atoms with Crippen molar-refractivity contribution in [2.24, 2.45) is 0 Å². The molecular weight excluding hydrogens is 232 g/mol. The summed E-state index contributed by atoms with van der Waals surface area (Å²) in [7, 11) is -4.27. The molecule has 0 aromatic heterocycles. The van der Waals surface area contributed by atoms with Gasteiger partial charge in [0.1, 0.15) is 6.29 Å². The van der Waals surface area contributed by atoms with Crippen LogP contribution in [0, 0.1) is 0 Å². The SMILES string of the molecule is CCC(Cl)N(CC(=O)O)CP(=O)(O)O. The van der Waals surface area contributed by atoms with Gasteiger partial charge in [0.05, 0.1) is 12.0 Å². The van der Waals surface area contributed by atoms with Crippen molar-refractivity contribution in [2.75, 3.05) is 12.8 Å². The van der Waals surface area contributed by atoms with E-state index in [1.54, 1.807) is 6.92 Å². The predicted octanol–water partition coefficient (Wildman–Crippen LogP) is 0.483. The number of carboxylic acids is 1. The Bertz CT molecular complexity index is 242. The number of aliphatic carboxylic acids is 1. The lowest BCUT2D eigenvalue weighted by atomic mass is 10.4. The van der Waals surface area contributed by atoms with Crippen molar-refractivity contribution in [3.05, 3.63) is 0 Å². The molecule has 0 aliphatic rings. The third-order valence-electron chi connectivity index (χ3n) is 1.44. The highest BCUT2D eigenvalue weighted by Crippen LogP contribution is 2.36. The Kier molecular flexibility index (Phi) is 5.63. The third kappa shape index (κ3) is 6.34. The summed E-state index contributed by atoms with van der Waals surface area (Å²) in [5.41, 5.74) is -0.682. The van der Waals surface area contributed by atoms with Crippen LogP contribution in [0.4, 0.5) is 0 Å². The molecule has 0 fully saturated rings. The minimum Gasteiger partial charge on any atom is -0.480 e. The molecule has 0 amide bonds. The predicted molar refractivity (Wildman–Crippen MR) is 51.2 cm³/mol. The number of rotatable bonds is 6. The maximum atomic E-state index is 10.6. The molecular formula is C6H13ClNO5P. The molecule has 0 heterocycles. The van der Waals surface area contributed by atoms with Crippen molar-refractivity contribution in [3.63, 3.8) is 0 Å². The normalized spacial score (nSPS) is 14.4. The van der Waals surface area contributed by atoms with Crippen LogP contribution in [0.25, 0.3) is 0 Å². The van der Waals surface area contributed by atoms with Crippen LogP contribution in [0.15, 0.2) is 0 Å². The fraction of sp³-hybridized carbons (Fsp3) is 0.833. The van der Waals surface area contributed by atoms with Gasteiger partial charge in [-0.15, -0.1) is 11.6 Å². The molecule has 0 bridgehead atoms. The number of halogens is 1. The molecule has 0 saturated heterocycles. The summed E-state index contributed by atoms with van der Waals surface area (Å²) in [5, 5.41) is 8.47. The molecule has 0 rings (SSSR count). The summed E-state index contributed by atoms with van der Waals surface area (Å²) in [6.07, 6.45) is -0.226. The standard InChI is InChI=1S/C6H13ClNO5P/c1-2-5(7)8(3-6(9)10)4-14(11,12)13/h5H,2-4H2,1H3,(H,9,10)(H2,11,12,13). The maximum absolute atomic E-state index is 10.6. The summed E-state index contributed by atoms with van der Waals surface area (Å²) in [4.78, 5) is 28.7. The van der Waals surface area contributed by atoms with Gasteiger partial charge in [-0.3, -0.25) is 14.3 Å². The zero-order valence-corrected chi connectivity index (χ0v) is 9.28. The molecule has 1 atom stereocenters. The number of alkyl halides is 1. The average Bonchev–Trinajstić information content (AvgIpc) is 1.98. The Morgan fingerprint density at radius 1 is 1.57 bits per heavy atom.